The number of rotatable bonds is 14. The lowest BCUT2D eigenvalue weighted by molar-refractivity contribution is -0.135. The molecule has 0 aliphatic heterocycles. The van der Waals surface area contributed by atoms with Gasteiger partial charge in [0.25, 0.3) is 0 Å². The van der Waals surface area contributed by atoms with E-state index in [0.717, 1.165) is 36.4 Å². The van der Waals surface area contributed by atoms with E-state index in [1.807, 2.05) is 7.05 Å². The van der Waals surface area contributed by atoms with Crippen molar-refractivity contribution in [2.75, 3.05) is 34.4 Å². The normalized spacial score (nSPS) is 22.3. The molecule has 5 heteroatoms. The summed E-state index contributed by atoms with van der Waals surface area (Å²) in [7, 11) is 5.51. The largest absolute Gasteiger partial charge is 0.496 e. The number of carbonyl (C=O) groups excluding carboxylic acids is 1. The Bertz CT molecular complexity index is 1060. The maximum Gasteiger partial charge on any atom is 0.226 e. The minimum Gasteiger partial charge on any atom is -0.496 e. The minimum atomic E-state index is -0.505. The second kappa shape index (κ2) is 12.1. The standard InChI is InChI=1S/C35H58N2O3/c1-13-14-15-16-32(2,3)24-18-28(39-11)30(29(19-24)40-12)25-17-23(26-20-27(25)34(26,6)7)21-37-31(38)35(8,9)33(4,5)22-36-10/h17-19,25-27,36H,13-16,20-22H2,1-12H3,(H,37,38). The summed E-state index contributed by atoms with van der Waals surface area (Å²) in [6, 6.07) is 4.51. The van der Waals surface area contributed by atoms with E-state index >= 15 is 0 Å². The molecular formula is C35H58N2O3. The molecule has 1 fully saturated rings. The van der Waals surface area contributed by atoms with E-state index < -0.39 is 5.41 Å². The third-order valence-electron chi connectivity index (χ3n) is 11.0. The van der Waals surface area contributed by atoms with E-state index in [4.69, 9.17) is 9.47 Å². The van der Waals surface area contributed by atoms with E-state index in [2.05, 4.69) is 91.2 Å². The third kappa shape index (κ3) is 5.96. The highest BCUT2D eigenvalue weighted by Crippen LogP contribution is 2.65. The molecule has 4 rings (SSSR count). The second-order valence-electron chi connectivity index (χ2n) is 14.8. The van der Waals surface area contributed by atoms with Crippen molar-refractivity contribution in [3.05, 3.63) is 34.9 Å². The van der Waals surface area contributed by atoms with Gasteiger partial charge in [-0.15, -0.1) is 0 Å². The second-order valence-corrected chi connectivity index (χ2v) is 14.8. The fourth-order valence-corrected chi connectivity index (χ4v) is 7.12. The highest BCUT2D eigenvalue weighted by atomic mass is 16.5. The Kier molecular flexibility index (Phi) is 9.81. The molecular weight excluding hydrogens is 496 g/mol. The van der Waals surface area contributed by atoms with Crippen molar-refractivity contribution in [1.29, 1.82) is 0 Å². The Hall–Kier alpha value is -2.01. The first-order chi connectivity index (χ1) is 18.6. The van der Waals surface area contributed by atoms with Crippen molar-refractivity contribution in [2.45, 2.75) is 106 Å². The summed E-state index contributed by atoms with van der Waals surface area (Å²) in [6.45, 7) is 21.5. The Morgan fingerprint density at radius 3 is 2.12 bits per heavy atom. The van der Waals surface area contributed by atoms with Crippen LogP contribution in [0.2, 0.25) is 0 Å². The molecule has 1 amide bonds. The zero-order chi connectivity index (χ0) is 30.1. The predicted molar refractivity (Wildman–Crippen MR) is 167 cm³/mol. The average molecular weight is 555 g/mol. The van der Waals surface area contributed by atoms with Crippen molar-refractivity contribution >= 4 is 5.91 Å². The van der Waals surface area contributed by atoms with Crippen LogP contribution < -0.4 is 20.1 Å². The van der Waals surface area contributed by atoms with Gasteiger partial charge in [-0.1, -0.05) is 93.2 Å². The molecule has 0 aromatic heterocycles. The first-order valence-corrected chi connectivity index (χ1v) is 15.5. The summed E-state index contributed by atoms with van der Waals surface area (Å²) in [5.41, 5.74) is 3.26. The molecule has 1 aromatic carbocycles. The van der Waals surface area contributed by atoms with Gasteiger partial charge < -0.3 is 20.1 Å². The van der Waals surface area contributed by atoms with Crippen molar-refractivity contribution in [1.82, 2.24) is 10.6 Å². The number of fused-ring (bicyclic) bond motifs is 1. The first-order valence-electron chi connectivity index (χ1n) is 15.5. The van der Waals surface area contributed by atoms with Crippen LogP contribution in [0.4, 0.5) is 0 Å². The van der Waals surface area contributed by atoms with Crippen molar-refractivity contribution in [3.8, 4) is 11.5 Å². The van der Waals surface area contributed by atoms with Crippen molar-refractivity contribution in [2.24, 2.45) is 28.1 Å². The average Bonchev–Trinajstić information content (AvgIpc) is 2.90. The summed E-state index contributed by atoms with van der Waals surface area (Å²) < 4.78 is 12.2. The zero-order valence-corrected chi connectivity index (χ0v) is 27.6. The van der Waals surface area contributed by atoms with Gasteiger partial charge in [-0.2, -0.15) is 0 Å². The number of hydrogen-bond acceptors (Lipinski definition) is 4. The topological polar surface area (TPSA) is 59.6 Å². The highest BCUT2D eigenvalue weighted by Gasteiger charge is 2.56. The summed E-state index contributed by atoms with van der Waals surface area (Å²) in [4.78, 5) is 13.5. The fraction of sp³-hybridized carbons (Fsp3) is 0.743. The van der Waals surface area contributed by atoms with Gasteiger partial charge in [0.1, 0.15) is 11.5 Å². The van der Waals surface area contributed by atoms with Gasteiger partial charge in [-0.3, -0.25) is 4.79 Å². The maximum absolute atomic E-state index is 13.5. The predicted octanol–water partition coefficient (Wildman–Crippen LogP) is 7.64. The number of allylic oxidation sites excluding steroid dienone is 1. The van der Waals surface area contributed by atoms with Gasteiger partial charge in [-0.05, 0) is 65.7 Å². The molecule has 1 aromatic rings. The van der Waals surface area contributed by atoms with Crippen LogP contribution in [-0.4, -0.2) is 40.3 Å². The molecule has 2 bridgehead atoms. The van der Waals surface area contributed by atoms with Gasteiger partial charge in [0.2, 0.25) is 5.91 Å². The zero-order valence-electron chi connectivity index (χ0n) is 27.6. The Balaban J connectivity index is 1.95. The van der Waals surface area contributed by atoms with Crippen LogP contribution in [0.5, 0.6) is 11.5 Å². The summed E-state index contributed by atoms with van der Waals surface area (Å²) in [5.74, 6) is 3.11. The molecule has 0 spiro atoms. The van der Waals surface area contributed by atoms with Crippen molar-refractivity contribution < 1.29 is 14.3 Å². The number of unbranched alkanes of at least 4 members (excludes halogenated alkanes) is 2. The molecule has 3 aliphatic carbocycles. The Labute approximate surface area is 245 Å². The molecule has 40 heavy (non-hydrogen) atoms. The SMILES string of the molecule is CCCCCC(C)(C)c1cc(OC)c(C2C=C(CNC(=O)C(C)(C)C(C)(C)CNC)C3CC2C3(C)C)c(OC)c1. The minimum absolute atomic E-state index is 0.0425. The van der Waals surface area contributed by atoms with Crippen LogP contribution >= 0.6 is 0 Å². The smallest absolute Gasteiger partial charge is 0.226 e. The molecule has 1 saturated carbocycles. The molecule has 226 valence electrons. The van der Waals surface area contributed by atoms with E-state index in [1.54, 1.807) is 14.2 Å². The van der Waals surface area contributed by atoms with Gasteiger partial charge in [-0.25, -0.2) is 0 Å². The van der Waals surface area contributed by atoms with E-state index in [0.29, 0.717) is 18.4 Å². The number of benzene rings is 1. The lowest BCUT2D eigenvalue weighted by atomic mass is 9.45. The van der Waals surface area contributed by atoms with E-state index in [9.17, 15) is 4.79 Å². The Morgan fingerprint density at radius 1 is 1.02 bits per heavy atom. The summed E-state index contributed by atoms with van der Waals surface area (Å²) in [5, 5.41) is 6.59. The molecule has 0 saturated heterocycles. The third-order valence-corrected chi connectivity index (χ3v) is 11.0. The van der Waals surface area contributed by atoms with Crippen LogP contribution in [-0.2, 0) is 10.2 Å². The van der Waals surface area contributed by atoms with Gasteiger partial charge in [0.05, 0.1) is 14.2 Å². The van der Waals surface area contributed by atoms with E-state index in [-0.39, 0.29) is 28.1 Å². The van der Waals surface area contributed by atoms with Gasteiger partial charge in [0, 0.05) is 30.0 Å². The first kappa shape index (κ1) is 32.5. The van der Waals surface area contributed by atoms with Gasteiger partial charge in [0.15, 0.2) is 0 Å². The lowest BCUT2D eigenvalue weighted by Gasteiger charge is -2.59. The number of hydrogen-bond donors (Lipinski definition) is 2. The number of methoxy groups -OCH3 is 2. The lowest BCUT2D eigenvalue weighted by Crippen LogP contribution is -2.54. The summed E-state index contributed by atoms with van der Waals surface area (Å²) >= 11 is 0. The summed E-state index contributed by atoms with van der Waals surface area (Å²) in [6.07, 6.45) is 8.38. The molecule has 3 atom stereocenters. The quantitative estimate of drug-likeness (QED) is 0.183. The monoisotopic (exact) mass is 554 g/mol. The Morgan fingerprint density at radius 2 is 1.62 bits per heavy atom. The molecule has 3 aliphatic rings. The number of carbonyl (C=O) groups is 1. The number of nitrogens with one attached hydrogen (secondary N) is 2. The maximum atomic E-state index is 13.5. The van der Waals surface area contributed by atoms with E-state index in [1.165, 1.54) is 30.4 Å². The van der Waals surface area contributed by atoms with Crippen molar-refractivity contribution in [3.63, 3.8) is 0 Å². The molecule has 3 unspecified atom stereocenters. The van der Waals surface area contributed by atoms with Crippen LogP contribution in [0.15, 0.2) is 23.8 Å². The number of amides is 1. The van der Waals surface area contributed by atoms with Crippen LogP contribution in [0.3, 0.4) is 0 Å². The molecule has 2 N–H and O–H groups in total. The molecule has 5 nitrogen and oxygen atoms in total. The van der Waals surface area contributed by atoms with Crippen LogP contribution in [0.25, 0.3) is 0 Å². The molecule has 0 radical (unpaired) electrons. The van der Waals surface area contributed by atoms with Crippen LogP contribution in [0, 0.1) is 28.1 Å². The van der Waals surface area contributed by atoms with Gasteiger partial charge >= 0.3 is 0 Å². The van der Waals surface area contributed by atoms with Crippen LogP contribution in [0.1, 0.15) is 111 Å². The fourth-order valence-electron chi connectivity index (χ4n) is 7.12. The number of ether oxygens (including phenoxy) is 2. The highest BCUT2D eigenvalue weighted by molar-refractivity contribution is 5.83. The molecule has 0 heterocycles.